The zero-order chi connectivity index (χ0) is 17.8. The first-order valence-electron chi connectivity index (χ1n) is 7.54. The zero-order valence-corrected chi connectivity index (χ0v) is 13.7. The van der Waals surface area contributed by atoms with Crippen LogP contribution in [0.4, 0.5) is 0 Å². The predicted molar refractivity (Wildman–Crippen MR) is 93.9 cm³/mol. The smallest absolute Gasteiger partial charge is 0.308 e. The molecule has 3 aromatic rings. The summed E-state index contributed by atoms with van der Waals surface area (Å²) >= 11 is 0. The lowest BCUT2D eigenvalue weighted by molar-refractivity contribution is -0.132. The van der Waals surface area contributed by atoms with Crippen molar-refractivity contribution in [3.05, 3.63) is 53.9 Å². The van der Waals surface area contributed by atoms with Crippen LogP contribution in [0.2, 0.25) is 0 Å². The minimum Gasteiger partial charge on any atom is -0.493 e. The van der Waals surface area contributed by atoms with Gasteiger partial charge in [0.05, 0.1) is 23.7 Å². The first-order valence-corrected chi connectivity index (χ1v) is 7.54. The molecule has 0 bridgehead atoms. The molecule has 0 saturated carbocycles. The van der Waals surface area contributed by atoms with Crippen LogP contribution in [-0.2, 0) is 4.79 Å². The van der Waals surface area contributed by atoms with Gasteiger partial charge in [0.2, 0.25) is 0 Å². The maximum atomic E-state index is 11.1. The Morgan fingerprint density at radius 3 is 2.72 bits per heavy atom. The monoisotopic (exact) mass is 333 g/mol. The van der Waals surface area contributed by atoms with Gasteiger partial charge in [-0.2, -0.15) is 5.26 Å². The van der Waals surface area contributed by atoms with Crippen LogP contribution < -0.4 is 9.47 Å². The van der Waals surface area contributed by atoms with E-state index in [1.54, 1.807) is 24.3 Å². The number of hydrogen-bond donors (Lipinski definition) is 1. The lowest BCUT2D eigenvalue weighted by atomic mass is 10.1. The fourth-order valence-corrected chi connectivity index (χ4v) is 2.41. The second-order valence-corrected chi connectivity index (χ2v) is 5.28. The van der Waals surface area contributed by atoms with Crippen molar-refractivity contribution in [2.24, 2.45) is 0 Å². The van der Waals surface area contributed by atoms with Crippen molar-refractivity contribution in [3.63, 3.8) is 0 Å². The van der Waals surface area contributed by atoms with Gasteiger partial charge >= 0.3 is 5.97 Å². The van der Waals surface area contributed by atoms with E-state index in [9.17, 15) is 10.1 Å². The Morgan fingerprint density at radius 1 is 1.24 bits per heavy atom. The van der Waals surface area contributed by atoms with Crippen LogP contribution >= 0.6 is 0 Å². The van der Waals surface area contributed by atoms with E-state index in [2.05, 4.69) is 16.0 Å². The number of allylic oxidation sites excluding steroid dienone is 1. The summed E-state index contributed by atoms with van der Waals surface area (Å²) in [5, 5.41) is 9.49. The Kier molecular flexibility index (Phi) is 4.48. The molecule has 0 aliphatic heterocycles. The molecule has 2 aromatic carbocycles. The fourth-order valence-electron chi connectivity index (χ4n) is 2.41. The van der Waals surface area contributed by atoms with Gasteiger partial charge < -0.3 is 14.5 Å². The van der Waals surface area contributed by atoms with Gasteiger partial charge in [-0.1, -0.05) is 18.2 Å². The number of nitrogens with zero attached hydrogens (tertiary/aromatic N) is 2. The molecule has 0 spiro atoms. The molecular formula is C19H15N3O3. The summed E-state index contributed by atoms with van der Waals surface area (Å²) in [7, 11) is 1.49. The summed E-state index contributed by atoms with van der Waals surface area (Å²) < 4.78 is 10.3. The number of H-pyrrole nitrogens is 1. The zero-order valence-electron chi connectivity index (χ0n) is 13.7. The molecule has 0 radical (unpaired) electrons. The fraction of sp³-hybridized carbons (Fsp3) is 0.105. The average Bonchev–Trinajstić information content (AvgIpc) is 3.04. The predicted octanol–water partition coefficient (Wildman–Crippen LogP) is 3.56. The molecule has 0 unspecified atom stereocenters. The molecule has 0 amide bonds. The highest BCUT2D eigenvalue weighted by Gasteiger charge is 2.10. The molecule has 1 heterocycles. The van der Waals surface area contributed by atoms with Gasteiger partial charge in [0.15, 0.2) is 11.5 Å². The van der Waals surface area contributed by atoms with Crippen LogP contribution in [-0.4, -0.2) is 23.0 Å². The van der Waals surface area contributed by atoms with Crippen LogP contribution in [0.25, 0.3) is 22.7 Å². The number of rotatable bonds is 4. The lowest BCUT2D eigenvalue weighted by Crippen LogP contribution is -2.03. The number of para-hydroxylation sites is 2. The quantitative estimate of drug-likeness (QED) is 0.448. The number of ether oxygens (including phenoxy) is 2. The molecule has 3 rings (SSSR count). The van der Waals surface area contributed by atoms with Gasteiger partial charge in [0.1, 0.15) is 11.9 Å². The topological polar surface area (TPSA) is 88.0 Å². The van der Waals surface area contributed by atoms with Crippen molar-refractivity contribution >= 4 is 28.7 Å². The number of aromatic nitrogens is 2. The number of imidazole rings is 1. The molecule has 6 nitrogen and oxygen atoms in total. The number of benzene rings is 2. The molecular weight excluding hydrogens is 318 g/mol. The molecule has 6 heteroatoms. The van der Waals surface area contributed by atoms with Crippen molar-refractivity contribution in [1.29, 1.82) is 5.26 Å². The molecule has 25 heavy (non-hydrogen) atoms. The van der Waals surface area contributed by atoms with E-state index in [0.29, 0.717) is 22.9 Å². The third-order valence-electron chi connectivity index (χ3n) is 3.52. The Bertz CT molecular complexity index is 979. The first-order chi connectivity index (χ1) is 12.1. The largest absolute Gasteiger partial charge is 0.493 e. The summed E-state index contributed by atoms with van der Waals surface area (Å²) in [6, 6.07) is 14.8. The second-order valence-electron chi connectivity index (χ2n) is 5.28. The van der Waals surface area contributed by atoms with E-state index >= 15 is 0 Å². The van der Waals surface area contributed by atoms with E-state index in [1.165, 1.54) is 14.0 Å². The molecule has 0 saturated heterocycles. The standard InChI is InChI=1S/C19H15N3O3/c1-12(23)25-17-8-7-13(10-18(17)24-2)9-14(11-20)19-21-15-5-3-4-6-16(15)22-19/h3-10H,1-2H3,(H,21,22). The van der Waals surface area contributed by atoms with E-state index in [1.807, 2.05) is 24.3 Å². The highest BCUT2D eigenvalue weighted by molar-refractivity contribution is 5.90. The van der Waals surface area contributed by atoms with E-state index in [4.69, 9.17) is 9.47 Å². The molecule has 0 aliphatic rings. The van der Waals surface area contributed by atoms with Crippen LogP contribution in [0.15, 0.2) is 42.5 Å². The molecule has 0 atom stereocenters. The maximum Gasteiger partial charge on any atom is 0.308 e. The minimum atomic E-state index is -0.429. The number of esters is 1. The van der Waals surface area contributed by atoms with Crippen molar-refractivity contribution in [1.82, 2.24) is 9.97 Å². The third kappa shape index (κ3) is 3.51. The van der Waals surface area contributed by atoms with Gasteiger partial charge in [-0.25, -0.2) is 4.98 Å². The highest BCUT2D eigenvalue weighted by Crippen LogP contribution is 2.30. The van der Waals surface area contributed by atoms with Crippen LogP contribution in [0, 0.1) is 11.3 Å². The van der Waals surface area contributed by atoms with Crippen LogP contribution in [0.5, 0.6) is 11.5 Å². The Morgan fingerprint density at radius 2 is 2.04 bits per heavy atom. The van der Waals surface area contributed by atoms with Crippen molar-refractivity contribution in [3.8, 4) is 17.6 Å². The van der Waals surface area contributed by atoms with Gasteiger partial charge in [0.25, 0.3) is 0 Å². The number of fused-ring (bicyclic) bond motifs is 1. The maximum absolute atomic E-state index is 11.1. The lowest BCUT2D eigenvalue weighted by Gasteiger charge is -2.08. The number of methoxy groups -OCH3 is 1. The van der Waals surface area contributed by atoms with E-state index in [-0.39, 0.29) is 0 Å². The normalized spacial score (nSPS) is 11.2. The number of carbonyl (C=O) groups is 1. The molecule has 124 valence electrons. The Hall–Kier alpha value is -3.59. The molecule has 0 aliphatic carbocycles. The second kappa shape index (κ2) is 6.89. The van der Waals surface area contributed by atoms with Gasteiger partial charge in [-0.15, -0.1) is 0 Å². The van der Waals surface area contributed by atoms with E-state index in [0.717, 1.165) is 16.6 Å². The van der Waals surface area contributed by atoms with Gasteiger partial charge in [-0.3, -0.25) is 4.79 Å². The van der Waals surface area contributed by atoms with Crippen LogP contribution in [0.3, 0.4) is 0 Å². The number of nitrogens with one attached hydrogen (secondary N) is 1. The van der Waals surface area contributed by atoms with Crippen molar-refractivity contribution in [2.45, 2.75) is 6.92 Å². The summed E-state index contributed by atoms with van der Waals surface area (Å²) in [4.78, 5) is 18.7. The molecule has 1 N–H and O–H groups in total. The van der Waals surface area contributed by atoms with Gasteiger partial charge in [0, 0.05) is 6.92 Å². The first kappa shape index (κ1) is 16.3. The summed E-state index contributed by atoms with van der Waals surface area (Å²) in [5.74, 6) is 0.800. The molecule has 0 fully saturated rings. The third-order valence-corrected chi connectivity index (χ3v) is 3.52. The van der Waals surface area contributed by atoms with Crippen LogP contribution in [0.1, 0.15) is 18.3 Å². The minimum absolute atomic E-state index is 0.328. The van der Waals surface area contributed by atoms with Crippen molar-refractivity contribution in [2.75, 3.05) is 7.11 Å². The average molecular weight is 333 g/mol. The van der Waals surface area contributed by atoms with Gasteiger partial charge in [-0.05, 0) is 35.9 Å². The summed E-state index contributed by atoms with van der Waals surface area (Å²) in [5.41, 5.74) is 2.77. The Labute approximate surface area is 144 Å². The molecule has 1 aromatic heterocycles. The van der Waals surface area contributed by atoms with E-state index < -0.39 is 5.97 Å². The number of aromatic amines is 1. The Balaban J connectivity index is 1.99. The highest BCUT2D eigenvalue weighted by atomic mass is 16.6. The number of hydrogen-bond acceptors (Lipinski definition) is 5. The SMILES string of the molecule is COc1cc(C=C(C#N)c2nc3ccccc3[nH]2)ccc1OC(C)=O. The van der Waals surface area contributed by atoms with Crippen molar-refractivity contribution < 1.29 is 14.3 Å². The number of carbonyl (C=O) groups excluding carboxylic acids is 1. The summed E-state index contributed by atoms with van der Waals surface area (Å²) in [6.45, 7) is 1.32. The summed E-state index contributed by atoms with van der Waals surface area (Å²) in [6.07, 6.45) is 1.69. The number of nitriles is 1.